The van der Waals surface area contributed by atoms with Gasteiger partial charge in [0.2, 0.25) is 0 Å². The van der Waals surface area contributed by atoms with Crippen molar-refractivity contribution in [3.8, 4) is 0 Å². The van der Waals surface area contributed by atoms with Crippen LogP contribution in [0.4, 0.5) is 11.4 Å². The number of pyridine rings is 1. The molecule has 0 bridgehead atoms. The topological polar surface area (TPSA) is 62.3 Å². The number of anilines is 2. The van der Waals surface area contributed by atoms with Crippen LogP contribution < -0.4 is 9.62 Å². The van der Waals surface area contributed by atoms with E-state index in [2.05, 4.69) is 14.6 Å². The van der Waals surface area contributed by atoms with E-state index in [0.717, 1.165) is 24.2 Å². The summed E-state index contributed by atoms with van der Waals surface area (Å²) in [6.45, 7) is 2.64. The van der Waals surface area contributed by atoms with Gasteiger partial charge in [0, 0.05) is 19.8 Å². The molecule has 0 saturated carbocycles. The Kier molecular flexibility index (Phi) is 3.33. The third kappa shape index (κ3) is 2.47. The van der Waals surface area contributed by atoms with Crippen LogP contribution in [0.5, 0.6) is 0 Å². The van der Waals surface area contributed by atoms with Crippen molar-refractivity contribution in [1.82, 2.24) is 4.98 Å². The van der Waals surface area contributed by atoms with Crippen LogP contribution in [0.1, 0.15) is 11.1 Å². The summed E-state index contributed by atoms with van der Waals surface area (Å²) in [7, 11) is -1.71. The number of rotatable bonds is 3. The molecule has 2 aromatic rings. The number of nitrogens with one attached hydrogen (secondary N) is 1. The molecule has 3 rings (SSSR count). The second-order valence-corrected chi connectivity index (χ2v) is 6.81. The lowest BCUT2D eigenvalue weighted by molar-refractivity contribution is 0.596. The van der Waals surface area contributed by atoms with Crippen LogP contribution in [0.15, 0.2) is 41.6 Å². The van der Waals surface area contributed by atoms with Crippen molar-refractivity contribution in [3.05, 3.63) is 47.7 Å². The molecule has 21 heavy (non-hydrogen) atoms. The van der Waals surface area contributed by atoms with Crippen LogP contribution in [-0.2, 0) is 16.4 Å². The first-order valence-electron chi connectivity index (χ1n) is 6.76. The molecule has 0 fully saturated rings. The van der Waals surface area contributed by atoms with Gasteiger partial charge in [-0.2, -0.15) is 8.42 Å². The minimum Gasteiger partial charge on any atom is -0.372 e. The largest absolute Gasteiger partial charge is 0.372 e. The Morgan fingerprint density at radius 3 is 2.81 bits per heavy atom. The van der Waals surface area contributed by atoms with Crippen molar-refractivity contribution in [2.75, 3.05) is 23.2 Å². The maximum absolute atomic E-state index is 12.5. The van der Waals surface area contributed by atoms with Gasteiger partial charge >= 0.3 is 0 Å². The van der Waals surface area contributed by atoms with E-state index >= 15 is 0 Å². The number of fused-ring (bicyclic) bond motifs is 1. The normalized spacial score (nSPS) is 14.1. The van der Waals surface area contributed by atoms with E-state index in [9.17, 15) is 8.42 Å². The number of sulfonamides is 1. The van der Waals surface area contributed by atoms with Crippen molar-refractivity contribution in [3.63, 3.8) is 0 Å². The van der Waals surface area contributed by atoms with Gasteiger partial charge in [0.15, 0.2) is 5.03 Å². The van der Waals surface area contributed by atoms with Gasteiger partial charge in [0.05, 0.1) is 11.4 Å². The van der Waals surface area contributed by atoms with E-state index in [1.807, 2.05) is 19.2 Å². The first kappa shape index (κ1) is 13.9. The van der Waals surface area contributed by atoms with E-state index in [-0.39, 0.29) is 5.03 Å². The van der Waals surface area contributed by atoms with Gasteiger partial charge in [-0.15, -0.1) is 0 Å². The SMILES string of the molecule is Cc1cccnc1S(=O)(=O)Nc1cccc2c1N(C)CC2. The van der Waals surface area contributed by atoms with Crippen LogP contribution in [0.25, 0.3) is 0 Å². The lowest BCUT2D eigenvalue weighted by atomic mass is 10.1. The third-order valence-electron chi connectivity index (χ3n) is 3.68. The highest BCUT2D eigenvalue weighted by molar-refractivity contribution is 7.92. The van der Waals surface area contributed by atoms with Gasteiger partial charge in [-0.25, -0.2) is 4.98 Å². The van der Waals surface area contributed by atoms with Gasteiger partial charge in [-0.3, -0.25) is 4.72 Å². The highest BCUT2D eigenvalue weighted by Crippen LogP contribution is 2.35. The summed E-state index contributed by atoms with van der Waals surface area (Å²) in [5.74, 6) is 0. The lowest BCUT2D eigenvalue weighted by Gasteiger charge is -2.18. The van der Waals surface area contributed by atoms with E-state index in [4.69, 9.17) is 0 Å². The average molecular weight is 303 g/mol. The van der Waals surface area contributed by atoms with E-state index in [1.165, 1.54) is 6.20 Å². The van der Waals surface area contributed by atoms with Crippen molar-refractivity contribution in [2.45, 2.75) is 18.4 Å². The monoisotopic (exact) mass is 303 g/mol. The zero-order chi connectivity index (χ0) is 15.0. The fourth-order valence-electron chi connectivity index (χ4n) is 2.67. The van der Waals surface area contributed by atoms with Gasteiger partial charge in [-0.05, 0) is 36.6 Å². The maximum Gasteiger partial charge on any atom is 0.279 e. The molecule has 0 radical (unpaired) electrons. The molecule has 2 heterocycles. The molecule has 0 spiro atoms. The number of aromatic nitrogens is 1. The van der Waals surface area contributed by atoms with Gasteiger partial charge in [0.25, 0.3) is 10.0 Å². The molecule has 0 atom stereocenters. The molecule has 1 N–H and O–H groups in total. The molecule has 0 aliphatic carbocycles. The summed E-state index contributed by atoms with van der Waals surface area (Å²) in [5.41, 5.74) is 3.36. The molecular weight excluding hydrogens is 286 g/mol. The molecular formula is C15H17N3O2S. The number of aryl methyl sites for hydroxylation is 1. The summed E-state index contributed by atoms with van der Waals surface area (Å²) < 4.78 is 27.7. The van der Waals surface area contributed by atoms with Crippen LogP contribution >= 0.6 is 0 Å². The number of nitrogens with zero attached hydrogens (tertiary/aromatic N) is 2. The minimum absolute atomic E-state index is 0.0725. The Morgan fingerprint density at radius 1 is 1.24 bits per heavy atom. The Morgan fingerprint density at radius 2 is 2.05 bits per heavy atom. The van der Waals surface area contributed by atoms with Crippen molar-refractivity contribution in [1.29, 1.82) is 0 Å². The second kappa shape index (κ2) is 5.04. The molecule has 5 nitrogen and oxygen atoms in total. The van der Waals surface area contributed by atoms with Crippen LogP contribution in [-0.4, -0.2) is 27.0 Å². The fourth-order valence-corrected chi connectivity index (χ4v) is 3.91. The number of hydrogen-bond donors (Lipinski definition) is 1. The first-order valence-corrected chi connectivity index (χ1v) is 8.25. The van der Waals surface area contributed by atoms with Gasteiger partial charge in [-0.1, -0.05) is 18.2 Å². The smallest absolute Gasteiger partial charge is 0.279 e. The fraction of sp³-hybridized carbons (Fsp3) is 0.267. The van der Waals surface area contributed by atoms with E-state index < -0.39 is 10.0 Å². The van der Waals surface area contributed by atoms with Crippen LogP contribution in [0.2, 0.25) is 0 Å². The predicted molar refractivity (Wildman–Crippen MR) is 83.2 cm³/mol. The predicted octanol–water partition coefficient (Wildman–Crippen LogP) is 2.18. The molecule has 1 aliphatic rings. The van der Waals surface area contributed by atoms with Gasteiger partial charge < -0.3 is 4.90 Å². The summed E-state index contributed by atoms with van der Waals surface area (Å²) >= 11 is 0. The summed E-state index contributed by atoms with van der Waals surface area (Å²) in [6.07, 6.45) is 2.42. The summed E-state index contributed by atoms with van der Waals surface area (Å²) in [5, 5.41) is 0.0725. The first-order chi connectivity index (χ1) is 9.99. The lowest BCUT2D eigenvalue weighted by Crippen LogP contribution is -2.19. The molecule has 6 heteroatoms. The number of likely N-dealkylation sites (N-methyl/N-ethyl adjacent to an activating group) is 1. The Hall–Kier alpha value is -2.08. The van der Waals surface area contributed by atoms with Crippen LogP contribution in [0.3, 0.4) is 0 Å². The zero-order valence-corrected chi connectivity index (χ0v) is 12.8. The Labute approximate surface area is 124 Å². The Balaban J connectivity index is 2.02. The van der Waals surface area contributed by atoms with Crippen molar-refractivity contribution < 1.29 is 8.42 Å². The molecule has 0 saturated heterocycles. The number of para-hydroxylation sites is 1. The van der Waals surface area contributed by atoms with Crippen molar-refractivity contribution in [2.24, 2.45) is 0 Å². The number of benzene rings is 1. The summed E-state index contributed by atoms with van der Waals surface area (Å²) in [6, 6.07) is 9.16. The number of hydrogen-bond acceptors (Lipinski definition) is 4. The third-order valence-corrected chi connectivity index (χ3v) is 5.10. The molecule has 110 valence electrons. The molecule has 0 unspecified atom stereocenters. The quantitative estimate of drug-likeness (QED) is 0.944. The van der Waals surface area contributed by atoms with Crippen LogP contribution in [0, 0.1) is 6.92 Å². The van der Waals surface area contributed by atoms with Gasteiger partial charge in [0.1, 0.15) is 0 Å². The van der Waals surface area contributed by atoms with E-state index in [0.29, 0.717) is 11.3 Å². The highest BCUT2D eigenvalue weighted by Gasteiger charge is 2.24. The molecule has 1 aliphatic heterocycles. The minimum atomic E-state index is -3.68. The maximum atomic E-state index is 12.5. The summed E-state index contributed by atoms with van der Waals surface area (Å²) in [4.78, 5) is 6.06. The second-order valence-electron chi connectivity index (χ2n) is 5.22. The highest BCUT2D eigenvalue weighted by atomic mass is 32.2. The van der Waals surface area contributed by atoms with Crippen molar-refractivity contribution >= 4 is 21.4 Å². The van der Waals surface area contributed by atoms with E-state index in [1.54, 1.807) is 25.1 Å². The zero-order valence-electron chi connectivity index (χ0n) is 12.0. The average Bonchev–Trinajstić information content (AvgIpc) is 2.81. The molecule has 1 aromatic heterocycles. The Bertz CT molecular complexity index is 787. The molecule has 0 amide bonds. The molecule has 1 aromatic carbocycles. The standard InChI is InChI=1S/C15H17N3O2S/c1-11-5-4-9-16-15(11)21(19,20)17-13-7-3-6-12-8-10-18(2)14(12)13/h3-7,9,17H,8,10H2,1-2H3.